The Hall–Kier alpha value is -3.91. The number of nitrogens with zero attached hydrogens (tertiary/aromatic N) is 2. The van der Waals surface area contributed by atoms with Gasteiger partial charge in [0.1, 0.15) is 29.1 Å². The summed E-state index contributed by atoms with van der Waals surface area (Å²) in [5, 5.41) is 0. The van der Waals surface area contributed by atoms with Crippen LogP contribution in [0.4, 0.5) is 17.6 Å². The number of Topliss-reactive ketones (excluding diaryl/α,β-unsaturated/α-hetero) is 1. The molecule has 0 radical (unpaired) electrons. The largest absolute Gasteiger partial charge is 0.302 e. The molecular formula is C37H36F4N2O5S2. The third-order valence-electron chi connectivity index (χ3n) is 9.43. The van der Waals surface area contributed by atoms with Crippen LogP contribution in [0.2, 0.25) is 0 Å². The second-order valence-corrected chi connectivity index (χ2v) is 17.3. The third-order valence-corrected chi connectivity index (χ3v) is 13.2. The van der Waals surface area contributed by atoms with Crippen molar-refractivity contribution in [3.05, 3.63) is 131 Å². The standard InChI is InChI=1S/C37H36F4N2O5S2/c38-29-5-1-27(2-6-29)35(21-42-17-25(18-42)23-49(45,46)33-13-9-31(40)10-14-33)37(44)36(28-3-7-30(39)8-4-28)22-43-19-26(20-43)24-50(47,48)34-15-11-32(41)12-16-34/h1-16,25-26,35-36H,17-24H2. The van der Waals surface area contributed by atoms with E-state index in [-0.39, 0.29) is 52.0 Å². The van der Waals surface area contributed by atoms with Gasteiger partial charge in [0.05, 0.1) is 33.1 Å². The average Bonchev–Trinajstić information content (AvgIpc) is 3.04. The first-order valence-corrected chi connectivity index (χ1v) is 19.5. The third kappa shape index (κ3) is 8.51. The van der Waals surface area contributed by atoms with Gasteiger partial charge in [-0.1, -0.05) is 24.3 Å². The zero-order valence-electron chi connectivity index (χ0n) is 27.0. The minimum absolute atomic E-state index is 0.0418. The van der Waals surface area contributed by atoms with Crippen LogP contribution in [-0.2, 0) is 24.5 Å². The molecule has 13 heteroatoms. The summed E-state index contributed by atoms with van der Waals surface area (Å²) < 4.78 is 106. The Labute approximate surface area is 289 Å². The van der Waals surface area contributed by atoms with Gasteiger partial charge in [-0.3, -0.25) is 4.79 Å². The molecule has 2 unspecified atom stereocenters. The number of carbonyl (C=O) groups excluding carboxylic acids is 1. The lowest BCUT2D eigenvalue weighted by molar-refractivity contribution is -0.123. The van der Waals surface area contributed by atoms with E-state index < -0.39 is 54.8 Å². The SMILES string of the molecule is O=C(C(CN1CC(CS(=O)(=O)c2ccc(F)cc2)C1)c1ccc(F)cc1)C(CN1CC(CS(=O)(=O)c2ccc(F)cc2)C1)c1ccc(F)cc1. The van der Waals surface area contributed by atoms with Crippen molar-refractivity contribution in [2.45, 2.75) is 21.6 Å². The molecule has 0 aliphatic carbocycles. The van der Waals surface area contributed by atoms with Crippen LogP contribution in [0.3, 0.4) is 0 Å². The summed E-state index contributed by atoms with van der Waals surface area (Å²) in [6.07, 6.45) is 0. The smallest absolute Gasteiger partial charge is 0.178 e. The summed E-state index contributed by atoms with van der Waals surface area (Å²) in [5.74, 6) is -4.29. The number of hydrogen-bond donors (Lipinski definition) is 0. The van der Waals surface area contributed by atoms with Gasteiger partial charge in [0.25, 0.3) is 0 Å². The second-order valence-electron chi connectivity index (χ2n) is 13.3. The number of carbonyl (C=O) groups is 1. The lowest BCUT2D eigenvalue weighted by Crippen LogP contribution is -2.53. The molecule has 2 aliphatic heterocycles. The normalized spacial score (nSPS) is 17.5. The van der Waals surface area contributed by atoms with Crippen molar-refractivity contribution in [3.8, 4) is 0 Å². The van der Waals surface area contributed by atoms with Gasteiger partial charge < -0.3 is 9.80 Å². The first-order chi connectivity index (χ1) is 23.8. The van der Waals surface area contributed by atoms with Crippen LogP contribution in [0.5, 0.6) is 0 Å². The molecule has 6 rings (SSSR count). The van der Waals surface area contributed by atoms with Crippen LogP contribution in [0, 0.1) is 35.1 Å². The first-order valence-electron chi connectivity index (χ1n) is 16.2. The highest BCUT2D eigenvalue weighted by atomic mass is 32.2. The lowest BCUT2D eigenvalue weighted by atomic mass is 9.81. The number of rotatable bonds is 14. The first kappa shape index (κ1) is 35.9. The maximum Gasteiger partial charge on any atom is 0.178 e. The summed E-state index contributed by atoms with van der Waals surface area (Å²) in [5.41, 5.74) is 1.16. The van der Waals surface area contributed by atoms with Gasteiger partial charge in [-0.25, -0.2) is 34.4 Å². The molecule has 4 aromatic rings. The van der Waals surface area contributed by atoms with E-state index in [0.29, 0.717) is 37.3 Å². The highest BCUT2D eigenvalue weighted by Gasteiger charge is 2.39. The van der Waals surface area contributed by atoms with Gasteiger partial charge in [-0.05, 0) is 95.8 Å². The van der Waals surface area contributed by atoms with E-state index in [1.54, 1.807) is 24.3 Å². The molecule has 0 N–H and O–H groups in total. The van der Waals surface area contributed by atoms with Crippen LogP contribution < -0.4 is 0 Å². The number of sulfone groups is 2. The van der Waals surface area contributed by atoms with Crippen molar-refractivity contribution in [1.82, 2.24) is 9.80 Å². The van der Waals surface area contributed by atoms with Crippen LogP contribution in [-0.4, -0.2) is 83.2 Å². The van der Waals surface area contributed by atoms with Gasteiger partial charge in [0, 0.05) is 39.3 Å². The zero-order chi connectivity index (χ0) is 35.6. The predicted molar refractivity (Wildman–Crippen MR) is 180 cm³/mol. The van der Waals surface area contributed by atoms with Crippen molar-refractivity contribution in [1.29, 1.82) is 0 Å². The van der Waals surface area contributed by atoms with Crippen LogP contribution in [0.25, 0.3) is 0 Å². The highest BCUT2D eigenvalue weighted by molar-refractivity contribution is 7.91. The van der Waals surface area contributed by atoms with Crippen molar-refractivity contribution in [3.63, 3.8) is 0 Å². The highest BCUT2D eigenvalue weighted by Crippen LogP contribution is 2.33. The van der Waals surface area contributed by atoms with Gasteiger partial charge in [0.2, 0.25) is 0 Å². The monoisotopic (exact) mass is 728 g/mol. The fourth-order valence-electron chi connectivity index (χ4n) is 6.83. The van der Waals surface area contributed by atoms with E-state index in [0.717, 1.165) is 24.3 Å². The van der Waals surface area contributed by atoms with Crippen molar-refractivity contribution < 1.29 is 39.2 Å². The molecule has 2 heterocycles. The van der Waals surface area contributed by atoms with E-state index in [4.69, 9.17) is 0 Å². The van der Waals surface area contributed by atoms with E-state index in [1.807, 2.05) is 9.80 Å². The Bertz CT molecular complexity index is 1870. The molecule has 2 saturated heterocycles. The summed E-state index contributed by atoms with van der Waals surface area (Å²) in [6.45, 7) is 2.11. The van der Waals surface area contributed by atoms with Crippen molar-refractivity contribution in [2.75, 3.05) is 50.8 Å². The number of halogens is 4. The minimum Gasteiger partial charge on any atom is -0.302 e. The number of likely N-dealkylation sites (tertiary alicyclic amines) is 2. The van der Waals surface area contributed by atoms with Gasteiger partial charge >= 0.3 is 0 Å². The van der Waals surface area contributed by atoms with Crippen molar-refractivity contribution in [2.24, 2.45) is 11.8 Å². The molecule has 0 saturated carbocycles. The second kappa shape index (κ2) is 14.7. The van der Waals surface area contributed by atoms with Gasteiger partial charge in [0.15, 0.2) is 19.7 Å². The molecule has 4 aromatic carbocycles. The number of hydrogen-bond acceptors (Lipinski definition) is 7. The number of ketones is 1. The Morgan fingerprint density at radius 3 is 1.10 bits per heavy atom. The van der Waals surface area contributed by atoms with E-state index >= 15 is 0 Å². The predicted octanol–water partition coefficient (Wildman–Crippen LogP) is 5.49. The Kier molecular flexibility index (Phi) is 10.6. The molecule has 7 nitrogen and oxygen atoms in total. The molecule has 2 fully saturated rings. The molecule has 2 atom stereocenters. The quantitative estimate of drug-likeness (QED) is 0.125. The Morgan fingerprint density at radius 2 is 0.800 bits per heavy atom. The number of benzene rings is 4. The summed E-state index contributed by atoms with van der Waals surface area (Å²) in [6, 6.07) is 20.7. The zero-order valence-corrected chi connectivity index (χ0v) is 28.6. The fourth-order valence-corrected chi connectivity index (χ4v) is 9.98. The lowest BCUT2D eigenvalue weighted by Gasteiger charge is -2.43. The molecule has 0 amide bonds. The molecule has 50 heavy (non-hydrogen) atoms. The molecule has 0 bridgehead atoms. The summed E-state index contributed by atoms with van der Waals surface area (Å²) in [4.78, 5) is 18.5. The molecule has 264 valence electrons. The Morgan fingerprint density at radius 1 is 0.520 bits per heavy atom. The van der Waals surface area contributed by atoms with E-state index in [2.05, 4.69) is 0 Å². The van der Waals surface area contributed by atoms with Crippen LogP contribution in [0.15, 0.2) is 107 Å². The van der Waals surface area contributed by atoms with Gasteiger partial charge in [-0.15, -0.1) is 0 Å². The molecule has 0 spiro atoms. The summed E-state index contributed by atoms with van der Waals surface area (Å²) in [7, 11) is -7.30. The van der Waals surface area contributed by atoms with Crippen LogP contribution in [0.1, 0.15) is 23.0 Å². The topological polar surface area (TPSA) is 91.8 Å². The Balaban J connectivity index is 1.15. The minimum atomic E-state index is -3.65. The fraction of sp³-hybridized carbons (Fsp3) is 0.324. The maximum atomic E-state index is 14.5. The maximum absolute atomic E-state index is 14.5. The molecule has 2 aliphatic rings. The van der Waals surface area contributed by atoms with Crippen molar-refractivity contribution >= 4 is 25.5 Å². The summed E-state index contributed by atoms with van der Waals surface area (Å²) >= 11 is 0. The van der Waals surface area contributed by atoms with Crippen LogP contribution >= 0.6 is 0 Å². The molecular weight excluding hydrogens is 693 g/mol. The van der Waals surface area contributed by atoms with Gasteiger partial charge in [-0.2, -0.15) is 0 Å². The molecule has 0 aromatic heterocycles. The van der Waals surface area contributed by atoms with E-state index in [1.165, 1.54) is 48.5 Å². The van der Waals surface area contributed by atoms with E-state index in [9.17, 15) is 39.2 Å². The average molecular weight is 729 g/mol.